The fraction of sp³-hybridized carbons (Fsp3) is 0.600. The summed E-state index contributed by atoms with van der Waals surface area (Å²) in [6.07, 6.45) is -4.69. The van der Waals surface area contributed by atoms with Gasteiger partial charge >= 0.3 is 18.3 Å². The molecule has 0 radical (unpaired) electrons. The molecule has 0 aliphatic rings. The van der Waals surface area contributed by atoms with E-state index < -0.39 is 28.6 Å². The first-order valence-corrected chi connectivity index (χ1v) is 3.55. The van der Waals surface area contributed by atoms with Gasteiger partial charge in [-0.05, 0) is 11.6 Å². The van der Waals surface area contributed by atoms with Gasteiger partial charge in [0, 0.05) is 0 Å². The molecule has 0 nitrogen and oxygen atoms in total. The van der Waals surface area contributed by atoms with Crippen molar-refractivity contribution in [2.75, 3.05) is 0 Å². The number of hydrogen-bond acceptors (Lipinski definition) is 0. The van der Waals surface area contributed by atoms with Crippen LogP contribution in [0.2, 0.25) is 0 Å². The van der Waals surface area contributed by atoms with Crippen LogP contribution >= 0.6 is 23.2 Å². The Hall–Kier alpha value is -0.170. The van der Waals surface area contributed by atoms with Crippen LogP contribution in [-0.4, -0.2) is 18.3 Å². The first-order chi connectivity index (χ1) is 6.05. The van der Waals surface area contributed by atoms with Crippen LogP contribution in [0.3, 0.4) is 0 Å². The molecule has 0 saturated carbocycles. The largest absolute Gasteiger partial charge is 0.374 e. The van der Waals surface area contributed by atoms with Crippen LogP contribution in [0.25, 0.3) is 0 Å². The first-order valence-electron chi connectivity index (χ1n) is 2.80. The maximum absolute atomic E-state index is 12.4. The molecule has 0 aromatic carbocycles. The van der Waals surface area contributed by atoms with Crippen LogP contribution in [-0.2, 0) is 0 Å². The normalized spacial score (nSPS) is 15.9. The second-order valence-electron chi connectivity index (χ2n) is 2.07. The van der Waals surface area contributed by atoms with Gasteiger partial charge in [-0.25, -0.2) is 8.78 Å². The van der Waals surface area contributed by atoms with E-state index in [4.69, 9.17) is 0 Å². The standard InChI is InChI=1S/C5HCl2F7/c6-1(2(7)8)4(11,12)5(13,14)3(9)10/h3H. The van der Waals surface area contributed by atoms with Gasteiger partial charge in [0.1, 0.15) is 5.03 Å². The average molecular weight is 265 g/mol. The topological polar surface area (TPSA) is 0 Å². The molecule has 0 N–H and O–H groups in total. The minimum Gasteiger partial charge on any atom is -0.203 e. The molecule has 0 bridgehead atoms. The SMILES string of the molecule is FC(Cl)=C(Cl)C(F)(F)C(F)(F)C(F)F. The van der Waals surface area contributed by atoms with E-state index in [0.29, 0.717) is 0 Å². The van der Waals surface area contributed by atoms with Crippen molar-refractivity contribution >= 4 is 23.2 Å². The summed E-state index contributed by atoms with van der Waals surface area (Å²) in [6, 6.07) is 0. The summed E-state index contributed by atoms with van der Waals surface area (Å²) in [7, 11) is 0. The number of alkyl halides is 6. The Morgan fingerprint density at radius 3 is 1.57 bits per heavy atom. The van der Waals surface area contributed by atoms with Crippen molar-refractivity contribution in [1.29, 1.82) is 0 Å². The van der Waals surface area contributed by atoms with Crippen LogP contribution < -0.4 is 0 Å². The molecule has 0 aliphatic heterocycles. The van der Waals surface area contributed by atoms with Gasteiger partial charge in [-0.15, -0.1) is 0 Å². The Morgan fingerprint density at radius 2 is 1.36 bits per heavy atom. The summed E-state index contributed by atoms with van der Waals surface area (Å²) in [5, 5.41) is -4.82. The third kappa shape index (κ3) is 2.25. The molecule has 0 unspecified atom stereocenters. The molecule has 0 fully saturated rings. The summed E-state index contributed by atoms with van der Waals surface area (Å²) in [5.41, 5.74) is 0. The van der Waals surface area contributed by atoms with Crippen LogP contribution in [0.5, 0.6) is 0 Å². The lowest BCUT2D eigenvalue weighted by molar-refractivity contribution is -0.244. The zero-order valence-corrected chi connectivity index (χ0v) is 7.49. The predicted molar refractivity (Wildman–Crippen MR) is 35.7 cm³/mol. The molecule has 0 atom stereocenters. The highest BCUT2D eigenvalue weighted by Gasteiger charge is 2.65. The summed E-state index contributed by atoms with van der Waals surface area (Å²) in [4.78, 5) is 0. The van der Waals surface area contributed by atoms with Crippen molar-refractivity contribution in [2.24, 2.45) is 0 Å². The zero-order chi connectivity index (χ0) is 11.7. The van der Waals surface area contributed by atoms with E-state index in [1.165, 1.54) is 0 Å². The Kier molecular flexibility index (Phi) is 4.09. The molecule has 0 saturated heterocycles. The van der Waals surface area contributed by atoms with Gasteiger partial charge in [0.05, 0.1) is 0 Å². The molecule has 0 aromatic rings. The molecular weight excluding hydrogens is 264 g/mol. The van der Waals surface area contributed by atoms with Gasteiger partial charge in [-0.2, -0.15) is 22.0 Å². The average Bonchev–Trinajstić information content (AvgIpc) is 2.01. The van der Waals surface area contributed by atoms with Crippen molar-refractivity contribution < 1.29 is 30.7 Å². The first kappa shape index (κ1) is 13.8. The Labute approximate surface area is 83.3 Å². The molecule has 84 valence electrons. The number of hydrogen-bond donors (Lipinski definition) is 0. The van der Waals surface area contributed by atoms with Crippen LogP contribution in [0.15, 0.2) is 10.3 Å². The third-order valence-corrected chi connectivity index (χ3v) is 1.82. The predicted octanol–water partition coefficient (Wildman–Crippen LogP) is 4.14. The molecule has 14 heavy (non-hydrogen) atoms. The minimum absolute atomic E-state index is 2.36. The monoisotopic (exact) mass is 264 g/mol. The van der Waals surface area contributed by atoms with Gasteiger partial charge in [0.25, 0.3) is 0 Å². The summed E-state index contributed by atoms with van der Waals surface area (Å²) < 4.78 is 83.6. The molecular formula is C5HCl2F7. The minimum atomic E-state index is -5.78. The zero-order valence-electron chi connectivity index (χ0n) is 5.98. The van der Waals surface area contributed by atoms with Crippen LogP contribution in [0.4, 0.5) is 30.7 Å². The number of rotatable bonds is 3. The van der Waals surface area contributed by atoms with E-state index >= 15 is 0 Å². The van der Waals surface area contributed by atoms with Gasteiger partial charge in [-0.3, -0.25) is 0 Å². The molecule has 9 heteroatoms. The quantitative estimate of drug-likeness (QED) is 0.673. The van der Waals surface area contributed by atoms with E-state index in [1.807, 2.05) is 0 Å². The van der Waals surface area contributed by atoms with Crippen molar-refractivity contribution in [3.8, 4) is 0 Å². The maximum atomic E-state index is 12.4. The highest BCUT2D eigenvalue weighted by molar-refractivity contribution is 6.38. The molecule has 0 amide bonds. The van der Waals surface area contributed by atoms with Gasteiger partial charge in [-0.1, -0.05) is 11.6 Å². The maximum Gasteiger partial charge on any atom is 0.374 e. The van der Waals surface area contributed by atoms with Crippen molar-refractivity contribution in [2.45, 2.75) is 18.3 Å². The van der Waals surface area contributed by atoms with Crippen LogP contribution in [0.1, 0.15) is 0 Å². The van der Waals surface area contributed by atoms with Crippen molar-refractivity contribution in [3.05, 3.63) is 10.3 Å². The van der Waals surface area contributed by atoms with E-state index in [0.717, 1.165) is 0 Å². The van der Waals surface area contributed by atoms with E-state index in [1.54, 1.807) is 0 Å². The van der Waals surface area contributed by atoms with E-state index in [-0.39, 0.29) is 0 Å². The molecule has 0 rings (SSSR count). The second-order valence-corrected chi connectivity index (χ2v) is 2.78. The lowest BCUT2D eigenvalue weighted by Crippen LogP contribution is -2.46. The van der Waals surface area contributed by atoms with Crippen molar-refractivity contribution in [3.63, 3.8) is 0 Å². The summed E-state index contributed by atoms with van der Waals surface area (Å²) in [5.74, 6) is -11.3. The third-order valence-electron chi connectivity index (χ3n) is 1.13. The summed E-state index contributed by atoms with van der Waals surface area (Å²) in [6.45, 7) is 0. The highest BCUT2D eigenvalue weighted by Crippen LogP contribution is 2.46. The van der Waals surface area contributed by atoms with Gasteiger partial charge in [0.2, 0.25) is 5.29 Å². The Morgan fingerprint density at radius 1 is 1.00 bits per heavy atom. The number of allylic oxidation sites excluding steroid dienone is 1. The van der Waals surface area contributed by atoms with Crippen LogP contribution in [0, 0.1) is 0 Å². The van der Waals surface area contributed by atoms with E-state index in [2.05, 4.69) is 23.2 Å². The molecule has 0 heterocycles. The fourth-order valence-electron chi connectivity index (χ4n) is 0.402. The lowest BCUT2D eigenvalue weighted by Gasteiger charge is -2.24. The van der Waals surface area contributed by atoms with Crippen molar-refractivity contribution in [1.82, 2.24) is 0 Å². The van der Waals surface area contributed by atoms with Gasteiger partial charge in [0.15, 0.2) is 0 Å². The van der Waals surface area contributed by atoms with Gasteiger partial charge < -0.3 is 0 Å². The van der Waals surface area contributed by atoms with E-state index in [9.17, 15) is 30.7 Å². The Bertz CT molecular complexity index is 242. The summed E-state index contributed by atoms with van der Waals surface area (Å²) >= 11 is 8.59. The smallest absolute Gasteiger partial charge is 0.203 e. The number of halogens is 9. The molecule has 0 aromatic heterocycles. The Balaban J connectivity index is 5.26. The molecule has 0 spiro atoms. The fourth-order valence-corrected chi connectivity index (χ4v) is 0.647. The lowest BCUT2D eigenvalue weighted by atomic mass is 10.2. The molecule has 0 aliphatic carbocycles. The highest BCUT2D eigenvalue weighted by atomic mass is 35.5. The second kappa shape index (κ2) is 4.14.